The molecule has 6 heteroatoms. The topological polar surface area (TPSA) is 75.4 Å². The Morgan fingerprint density at radius 2 is 1.92 bits per heavy atom. The van der Waals surface area contributed by atoms with Crippen LogP contribution in [0.15, 0.2) is 36.5 Å². The Morgan fingerprint density at radius 3 is 2.54 bits per heavy atom. The fourth-order valence-electron chi connectivity index (χ4n) is 3.61. The van der Waals surface area contributed by atoms with Crippen LogP contribution in [0.2, 0.25) is 0 Å². The first kappa shape index (κ1) is 18.2. The highest BCUT2D eigenvalue weighted by Crippen LogP contribution is 2.33. The van der Waals surface area contributed by atoms with Gasteiger partial charge in [0, 0.05) is 31.2 Å². The fraction of sp³-hybridized carbons (Fsp3) is 0.450. The van der Waals surface area contributed by atoms with Gasteiger partial charge in [-0.1, -0.05) is 44.2 Å². The number of aliphatic carboxylic acids is 1. The van der Waals surface area contributed by atoms with Gasteiger partial charge in [-0.05, 0) is 18.4 Å². The zero-order valence-corrected chi connectivity index (χ0v) is 15.4. The first-order valence-electron chi connectivity index (χ1n) is 8.98. The first-order valence-corrected chi connectivity index (χ1v) is 8.98. The molecule has 1 aliphatic heterocycles. The molecule has 2 aromatic rings. The van der Waals surface area contributed by atoms with Crippen molar-refractivity contribution in [3.05, 3.63) is 53.3 Å². The van der Waals surface area contributed by atoms with Gasteiger partial charge in [0.05, 0.1) is 17.7 Å². The number of carbonyl (C=O) groups excluding carboxylic acids is 1. The van der Waals surface area contributed by atoms with Crippen LogP contribution in [0.1, 0.15) is 41.4 Å². The van der Waals surface area contributed by atoms with Gasteiger partial charge in [0.25, 0.3) is 5.91 Å². The summed E-state index contributed by atoms with van der Waals surface area (Å²) < 4.78 is 1.84. The molecule has 2 atom stereocenters. The van der Waals surface area contributed by atoms with Crippen molar-refractivity contribution in [2.45, 2.75) is 33.2 Å². The standard InChI is InChI=1S/C20H25N3O3/c1-13(2)10-23-14(3)16(9-21-23)19(24)22-11-17(18(12-22)20(25)26)15-7-5-4-6-8-15/h4-9,13,17-18H,10-12H2,1-3H3,(H,25,26)/t17-,18-/m0/s1. The molecule has 1 aromatic heterocycles. The van der Waals surface area contributed by atoms with Crippen LogP contribution < -0.4 is 0 Å². The van der Waals surface area contributed by atoms with Crippen molar-refractivity contribution >= 4 is 11.9 Å². The van der Waals surface area contributed by atoms with Crippen LogP contribution >= 0.6 is 0 Å². The molecule has 1 aliphatic rings. The molecular formula is C20H25N3O3. The summed E-state index contributed by atoms with van der Waals surface area (Å²) in [6.45, 7) is 7.48. The van der Waals surface area contributed by atoms with E-state index in [2.05, 4.69) is 18.9 Å². The van der Waals surface area contributed by atoms with E-state index >= 15 is 0 Å². The van der Waals surface area contributed by atoms with Crippen LogP contribution in [0.5, 0.6) is 0 Å². The predicted molar refractivity (Wildman–Crippen MR) is 98.0 cm³/mol. The minimum absolute atomic E-state index is 0.137. The number of hydrogen-bond acceptors (Lipinski definition) is 3. The Hall–Kier alpha value is -2.63. The fourth-order valence-corrected chi connectivity index (χ4v) is 3.61. The number of aromatic nitrogens is 2. The Bertz CT molecular complexity index is 798. The summed E-state index contributed by atoms with van der Waals surface area (Å²) in [5, 5.41) is 14.0. The molecular weight excluding hydrogens is 330 g/mol. The predicted octanol–water partition coefficient (Wildman–Crippen LogP) is 2.79. The molecule has 0 bridgehead atoms. The highest BCUT2D eigenvalue weighted by molar-refractivity contribution is 5.95. The molecule has 2 heterocycles. The van der Waals surface area contributed by atoms with Crippen LogP contribution in [-0.2, 0) is 11.3 Å². The van der Waals surface area contributed by atoms with Crippen molar-refractivity contribution in [2.75, 3.05) is 13.1 Å². The molecule has 0 saturated carbocycles. The molecule has 3 rings (SSSR count). The number of carboxylic acids is 1. The Labute approximate surface area is 153 Å². The van der Waals surface area contributed by atoms with Crippen LogP contribution in [0.4, 0.5) is 0 Å². The van der Waals surface area contributed by atoms with Crippen molar-refractivity contribution in [3.63, 3.8) is 0 Å². The molecule has 1 fully saturated rings. The maximum absolute atomic E-state index is 13.0. The lowest BCUT2D eigenvalue weighted by atomic mass is 9.89. The van der Waals surface area contributed by atoms with E-state index in [1.54, 1.807) is 11.1 Å². The number of likely N-dealkylation sites (tertiary alicyclic amines) is 1. The molecule has 0 aliphatic carbocycles. The highest BCUT2D eigenvalue weighted by Gasteiger charge is 2.41. The van der Waals surface area contributed by atoms with E-state index in [0.29, 0.717) is 18.0 Å². The monoisotopic (exact) mass is 355 g/mol. The molecule has 1 aromatic carbocycles. The quantitative estimate of drug-likeness (QED) is 0.895. The van der Waals surface area contributed by atoms with E-state index in [-0.39, 0.29) is 18.4 Å². The van der Waals surface area contributed by atoms with Gasteiger partial charge in [0.15, 0.2) is 0 Å². The lowest BCUT2D eigenvalue weighted by molar-refractivity contribution is -0.141. The van der Waals surface area contributed by atoms with E-state index in [0.717, 1.165) is 17.8 Å². The van der Waals surface area contributed by atoms with E-state index in [1.165, 1.54) is 0 Å². The maximum Gasteiger partial charge on any atom is 0.308 e. The Balaban J connectivity index is 1.83. The first-order chi connectivity index (χ1) is 12.4. The van der Waals surface area contributed by atoms with Gasteiger partial charge >= 0.3 is 5.97 Å². The number of benzene rings is 1. The third-order valence-electron chi connectivity index (χ3n) is 5.02. The Morgan fingerprint density at radius 1 is 1.23 bits per heavy atom. The van der Waals surface area contributed by atoms with Gasteiger partial charge in [-0.2, -0.15) is 5.10 Å². The van der Waals surface area contributed by atoms with Crippen molar-refractivity contribution in [1.29, 1.82) is 0 Å². The second kappa shape index (κ2) is 7.32. The maximum atomic E-state index is 13.0. The van der Waals surface area contributed by atoms with Crippen LogP contribution in [0.25, 0.3) is 0 Å². The third kappa shape index (κ3) is 3.49. The summed E-state index contributed by atoms with van der Waals surface area (Å²) in [6, 6.07) is 9.57. The highest BCUT2D eigenvalue weighted by atomic mass is 16.4. The van der Waals surface area contributed by atoms with Crippen LogP contribution in [0.3, 0.4) is 0 Å². The second-order valence-corrected chi connectivity index (χ2v) is 7.39. The van der Waals surface area contributed by atoms with Gasteiger partial charge in [-0.25, -0.2) is 0 Å². The minimum Gasteiger partial charge on any atom is -0.481 e. The number of amides is 1. The smallest absolute Gasteiger partial charge is 0.308 e. The average molecular weight is 355 g/mol. The van der Waals surface area contributed by atoms with Gasteiger partial charge in [0.2, 0.25) is 0 Å². The van der Waals surface area contributed by atoms with Crippen molar-refractivity contribution in [1.82, 2.24) is 14.7 Å². The normalized spacial score (nSPS) is 19.9. The molecule has 0 radical (unpaired) electrons. The average Bonchev–Trinajstić information content (AvgIpc) is 3.20. The van der Waals surface area contributed by atoms with Gasteiger partial charge < -0.3 is 10.0 Å². The lowest BCUT2D eigenvalue weighted by Crippen LogP contribution is -2.30. The van der Waals surface area contributed by atoms with E-state index < -0.39 is 11.9 Å². The lowest BCUT2D eigenvalue weighted by Gasteiger charge is -2.16. The van der Waals surface area contributed by atoms with E-state index in [1.807, 2.05) is 41.9 Å². The molecule has 26 heavy (non-hydrogen) atoms. The summed E-state index contributed by atoms with van der Waals surface area (Å²) in [6.07, 6.45) is 1.60. The van der Waals surface area contributed by atoms with E-state index in [4.69, 9.17) is 0 Å². The zero-order valence-electron chi connectivity index (χ0n) is 15.4. The summed E-state index contributed by atoms with van der Waals surface area (Å²) in [5.74, 6) is -1.35. The Kier molecular flexibility index (Phi) is 5.11. The third-order valence-corrected chi connectivity index (χ3v) is 5.02. The van der Waals surface area contributed by atoms with Crippen LogP contribution in [0, 0.1) is 18.8 Å². The zero-order chi connectivity index (χ0) is 18.8. The molecule has 6 nitrogen and oxygen atoms in total. The summed E-state index contributed by atoms with van der Waals surface area (Å²) in [7, 11) is 0. The van der Waals surface area contributed by atoms with Crippen molar-refractivity contribution in [2.24, 2.45) is 11.8 Å². The molecule has 1 N–H and O–H groups in total. The number of carboxylic acid groups (broad SMARTS) is 1. The summed E-state index contributed by atoms with van der Waals surface area (Å²) in [4.78, 5) is 26.4. The van der Waals surface area contributed by atoms with Crippen LogP contribution in [-0.4, -0.2) is 44.8 Å². The van der Waals surface area contributed by atoms with Gasteiger partial charge in [-0.3, -0.25) is 14.3 Å². The SMILES string of the molecule is Cc1c(C(=O)N2C[C@H](C(=O)O)[C@H](c3ccccc3)C2)cnn1CC(C)C. The minimum atomic E-state index is -0.860. The molecule has 1 saturated heterocycles. The van der Waals surface area contributed by atoms with Crippen molar-refractivity contribution < 1.29 is 14.7 Å². The number of nitrogens with zero attached hydrogens (tertiary/aromatic N) is 3. The molecule has 0 spiro atoms. The summed E-state index contributed by atoms with van der Waals surface area (Å²) in [5.41, 5.74) is 2.35. The second-order valence-electron chi connectivity index (χ2n) is 7.39. The number of hydrogen-bond donors (Lipinski definition) is 1. The van der Waals surface area contributed by atoms with Gasteiger partial charge in [0.1, 0.15) is 0 Å². The van der Waals surface area contributed by atoms with E-state index in [9.17, 15) is 14.7 Å². The molecule has 1 amide bonds. The van der Waals surface area contributed by atoms with Gasteiger partial charge in [-0.15, -0.1) is 0 Å². The number of rotatable bonds is 5. The largest absolute Gasteiger partial charge is 0.481 e. The number of carbonyl (C=O) groups is 2. The van der Waals surface area contributed by atoms with Crippen molar-refractivity contribution in [3.8, 4) is 0 Å². The molecule has 0 unspecified atom stereocenters. The molecule has 138 valence electrons. The summed E-state index contributed by atoms with van der Waals surface area (Å²) >= 11 is 0.